The van der Waals surface area contributed by atoms with Crippen LogP contribution in [0, 0.1) is 17.2 Å². The summed E-state index contributed by atoms with van der Waals surface area (Å²) in [5.41, 5.74) is 0. The van der Waals surface area contributed by atoms with Gasteiger partial charge in [0.2, 0.25) is 0 Å². The predicted molar refractivity (Wildman–Crippen MR) is 44.8 cm³/mol. The number of nitrogens with one attached hydrogen (secondary N) is 1. The summed E-state index contributed by atoms with van der Waals surface area (Å²) in [6.45, 7) is 1.64. The summed E-state index contributed by atoms with van der Waals surface area (Å²) in [6.07, 6.45) is -5.80. The van der Waals surface area contributed by atoms with E-state index in [4.69, 9.17) is 5.26 Å². The van der Waals surface area contributed by atoms with Gasteiger partial charge in [-0.15, -0.1) is 0 Å². The summed E-state index contributed by atoms with van der Waals surface area (Å²) < 4.78 is 38.7. The molecule has 0 aliphatic carbocycles. The van der Waals surface area contributed by atoms with Crippen molar-refractivity contribution in [2.75, 3.05) is 6.61 Å². The number of alkyl carbamates (subject to hydrolysis) is 1. The third-order valence-electron chi connectivity index (χ3n) is 1.45. The smallest absolute Gasteiger partial charge is 0.422 e. The minimum Gasteiger partial charge on any atom is -0.440 e. The van der Waals surface area contributed by atoms with Crippen LogP contribution in [0.4, 0.5) is 18.0 Å². The molecule has 0 saturated carbocycles. The van der Waals surface area contributed by atoms with E-state index in [1.54, 1.807) is 19.9 Å². The summed E-state index contributed by atoms with van der Waals surface area (Å²) in [6, 6.07) is 0.881. The number of hydrogen-bond acceptors (Lipinski definition) is 3. The van der Waals surface area contributed by atoms with E-state index < -0.39 is 24.9 Å². The molecule has 4 nitrogen and oxygen atoms in total. The van der Waals surface area contributed by atoms with Crippen LogP contribution in [0.2, 0.25) is 0 Å². The molecular weight excluding hydrogens is 213 g/mol. The summed E-state index contributed by atoms with van der Waals surface area (Å²) in [5.74, 6) is -0.201. The van der Waals surface area contributed by atoms with Crippen LogP contribution in [0.1, 0.15) is 13.8 Å². The summed E-state index contributed by atoms with van der Waals surface area (Å²) >= 11 is 0. The Bertz CT molecular complexity index is 258. The third kappa shape index (κ3) is 6.60. The fraction of sp³-hybridized carbons (Fsp3) is 0.750. The van der Waals surface area contributed by atoms with Gasteiger partial charge in [-0.3, -0.25) is 0 Å². The maximum Gasteiger partial charge on any atom is 0.422 e. The molecule has 15 heavy (non-hydrogen) atoms. The number of alkyl halides is 3. The molecule has 0 aromatic heterocycles. The lowest BCUT2D eigenvalue weighted by molar-refractivity contribution is -0.160. The van der Waals surface area contributed by atoms with Gasteiger partial charge < -0.3 is 10.1 Å². The monoisotopic (exact) mass is 224 g/mol. The average Bonchev–Trinajstić information content (AvgIpc) is 2.09. The predicted octanol–water partition coefficient (Wildman–Crippen LogP) is 1.82. The number of ether oxygens (including phenoxy) is 1. The van der Waals surface area contributed by atoms with Crippen LogP contribution in [0.5, 0.6) is 0 Å². The van der Waals surface area contributed by atoms with Gasteiger partial charge in [0.05, 0.1) is 6.07 Å². The second-order valence-electron chi connectivity index (χ2n) is 3.19. The van der Waals surface area contributed by atoms with E-state index in [0.29, 0.717) is 0 Å². The minimum atomic E-state index is -4.56. The van der Waals surface area contributed by atoms with Gasteiger partial charge in [-0.2, -0.15) is 18.4 Å². The summed E-state index contributed by atoms with van der Waals surface area (Å²) in [5, 5.41) is 10.5. The van der Waals surface area contributed by atoms with E-state index in [0.717, 1.165) is 0 Å². The molecule has 0 saturated heterocycles. The van der Waals surface area contributed by atoms with Crippen molar-refractivity contribution in [1.29, 1.82) is 5.26 Å². The Hall–Kier alpha value is -1.45. The maximum absolute atomic E-state index is 11.6. The van der Waals surface area contributed by atoms with E-state index >= 15 is 0 Å². The van der Waals surface area contributed by atoms with E-state index in [1.165, 1.54) is 0 Å². The molecule has 0 rings (SSSR count). The highest BCUT2D eigenvalue weighted by Crippen LogP contribution is 2.14. The second kappa shape index (κ2) is 5.44. The molecule has 0 bridgehead atoms. The van der Waals surface area contributed by atoms with Crippen LogP contribution < -0.4 is 5.32 Å². The second-order valence-corrected chi connectivity index (χ2v) is 3.19. The Kier molecular flexibility index (Phi) is 4.91. The zero-order valence-corrected chi connectivity index (χ0v) is 8.26. The van der Waals surface area contributed by atoms with Gasteiger partial charge in [0, 0.05) is 0 Å². The van der Waals surface area contributed by atoms with Crippen molar-refractivity contribution in [1.82, 2.24) is 5.32 Å². The molecule has 0 aliphatic rings. The number of carbonyl (C=O) groups excluding carboxylic acids is 1. The molecule has 0 radical (unpaired) electrons. The summed E-state index contributed by atoms with van der Waals surface area (Å²) in [4.78, 5) is 10.8. The Morgan fingerprint density at radius 2 is 2.07 bits per heavy atom. The lowest BCUT2D eigenvalue weighted by Crippen LogP contribution is -2.39. The largest absolute Gasteiger partial charge is 0.440 e. The van der Waals surface area contributed by atoms with Crippen LogP contribution >= 0.6 is 0 Å². The fourth-order valence-electron chi connectivity index (χ4n) is 0.664. The van der Waals surface area contributed by atoms with E-state index in [2.05, 4.69) is 4.74 Å². The highest BCUT2D eigenvalue weighted by Gasteiger charge is 2.30. The first-order chi connectivity index (χ1) is 6.76. The highest BCUT2D eigenvalue weighted by molar-refractivity contribution is 5.68. The molecule has 1 atom stereocenters. The van der Waals surface area contributed by atoms with E-state index in [1.807, 2.05) is 5.32 Å². The molecule has 1 amide bonds. The van der Waals surface area contributed by atoms with Crippen molar-refractivity contribution in [2.45, 2.75) is 26.1 Å². The summed E-state index contributed by atoms with van der Waals surface area (Å²) in [7, 11) is 0. The quantitative estimate of drug-likeness (QED) is 0.795. The zero-order valence-electron chi connectivity index (χ0n) is 8.26. The van der Waals surface area contributed by atoms with Gasteiger partial charge in [0.25, 0.3) is 0 Å². The first kappa shape index (κ1) is 13.5. The number of halogens is 3. The van der Waals surface area contributed by atoms with Crippen molar-refractivity contribution >= 4 is 6.09 Å². The number of amides is 1. The normalized spacial score (nSPS) is 13.1. The lowest BCUT2D eigenvalue weighted by Gasteiger charge is -2.15. The fourth-order valence-corrected chi connectivity index (χ4v) is 0.664. The van der Waals surface area contributed by atoms with Crippen molar-refractivity contribution in [3.05, 3.63) is 0 Å². The van der Waals surface area contributed by atoms with Gasteiger partial charge in [-0.05, 0) is 5.92 Å². The van der Waals surface area contributed by atoms with Crippen LogP contribution in [0.3, 0.4) is 0 Å². The molecule has 0 aromatic carbocycles. The topological polar surface area (TPSA) is 62.1 Å². The number of rotatable bonds is 3. The third-order valence-corrected chi connectivity index (χ3v) is 1.45. The molecule has 86 valence electrons. The van der Waals surface area contributed by atoms with Crippen LogP contribution in [0.15, 0.2) is 0 Å². The van der Waals surface area contributed by atoms with Crippen molar-refractivity contribution in [2.24, 2.45) is 5.92 Å². The van der Waals surface area contributed by atoms with Gasteiger partial charge in [0.15, 0.2) is 6.61 Å². The molecule has 1 N–H and O–H groups in total. The minimum absolute atomic E-state index is 0.201. The van der Waals surface area contributed by atoms with Gasteiger partial charge in [0.1, 0.15) is 6.04 Å². The molecule has 0 fully saturated rings. The molecule has 1 unspecified atom stereocenters. The van der Waals surface area contributed by atoms with Crippen molar-refractivity contribution in [3.8, 4) is 6.07 Å². The van der Waals surface area contributed by atoms with Gasteiger partial charge >= 0.3 is 12.3 Å². The highest BCUT2D eigenvalue weighted by atomic mass is 19.4. The number of nitrogens with zero attached hydrogens (tertiary/aromatic N) is 1. The first-order valence-electron chi connectivity index (χ1n) is 4.16. The van der Waals surface area contributed by atoms with Crippen LogP contribution in [0.25, 0.3) is 0 Å². The molecule has 0 aromatic rings. The zero-order chi connectivity index (χ0) is 12.1. The van der Waals surface area contributed by atoms with E-state index in [9.17, 15) is 18.0 Å². The van der Waals surface area contributed by atoms with E-state index in [-0.39, 0.29) is 5.92 Å². The molecule has 7 heteroatoms. The van der Waals surface area contributed by atoms with Gasteiger partial charge in [-0.1, -0.05) is 13.8 Å². The standard InChI is InChI=1S/C8H11F3N2O2/c1-5(2)6(3-12)13-7(14)15-4-8(9,10)11/h5-6H,4H2,1-2H3,(H,13,14). The molecule has 0 heterocycles. The Morgan fingerprint density at radius 1 is 1.53 bits per heavy atom. The number of carbonyl (C=O) groups is 1. The molecule has 0 spiro atoms. The Labute approximate surface area is 85.0 Å². The maximum atomic E-state index is 11.6. The Balaban J connectivity index is 3.99. The lowest BCUT2D eigenvalue weighted by atomic mass is 10.1. The first-order valence-corrected chi connectivity index (χ1v) is 4.16. The van der Waals surface area contributed by atoms with Gasteiger partial charge in [-0.25, -0.2) is 4.79 Å². The SMILES string of the molecule is CC(C)C(C#N)NC(=O)OCC(F)(F)F. The Morgan fingerprint density at radius 3 is 2.40 bits per heavy atom. The van der Waals surface area contributed by atoms with Crippen molar-refractivity contribution in [3.63, 3.8) is 0 Å². The van der Waals surface area contributed by atoms with Crippen LogP contribution in [-0.2, 0) is 4.74 Å². The van der Waals surface area contributed by atoms with Crippen molar-refractivity contribution < 1.29 is 22.7 Å². The molecule has 0 aliphatic heterocycles. The average molecular weight is 224 g/mol. The number of nitriles is 1. The number of hydrogen-bond donors (Lipinski definition) is 1. The molecular formula is C8H11F3N2O2. The van der Waals surface area contributed by atoms with Crippen LogP contribution in [-0.4, -0.2) is 24.9 Å².